The third kappa shape index (κ3) is 5.94. The SMILES string of the molecule is Cc1cc(C)cc(OCC(=O)Nc2ccc(S(=O)(=O)NCc3ccco3)cc2)c1. The molecule has 0 spiro atoms. The molecule has 0 aliphatic rings. The molecule has 3 rings (SSSR count). The van der Waals surface area contributed by atoms with Crippen LogP contribution in [0.2, 0.25) is 0 Å². The summed E-state index contributed by atoms with van der Waals surface area (Å²) >= 11 is 0. The molecule has 0 fully saturated rings. The van der Waals surface area contributed by atoms with Gasteiger partial charge >= 0.3 is 0 Å². The third-order valence-electron chi connectivity index (χ3n) is 4.03. The number of amides is 1. The van der Waals surface area contributed by atoms with Gasteiger partial charge < -0.3 is 14.5 Å². The molecule has 3 aromatic rings. The van der Waals surface area contributed by atoms with Crippen LogP contribution in [0.3, 0.4) is 0 Å². The van der Waals surface area contributed by atoms with Crippen LogP contribution >= 0.6 is 0 Å². The Morgan fingerprint density at radius 2 is 1.72 bits per heavy atom. The van der Waals surface area contributed by atoms with Crippen LogP contribution in [-0.4, -0.2) is 20.9 Å². The van der Waals surface area contributed by atoms with Crippen molar-refractivity contribution >= 4 is 21.6 Å². The van der Waals surface area contributed by atoms with Crippen molar-refractivity contribution in [2.75, 3.05) is 11.9 Å². The molecule has 7 nitrogen and oxygen atoms in total. The fourth-order valence-corrected chi connectivity index (χ4v) is 3.74. The number of sulfonamides is 1. The van der Waals surface area contributed by atoms with E-state index in [4.69, 9.17) is 9.15 Å². The van der Waals surface area contributed by atoms with Gasteiger partial charge in [-0.15, -0.1) is 0 Å². The Hall–Kier alpha value is -3.10. The second-order valence-corrected chi connectivity index (χ2v) is 8.36. The monoisotopic (exact) mass is 414 g/mol. The maximum absolute atomic E-state index is 12.3. The van der Waals surface area contributed by atoms with Gasteiger partial charge in [0.2, 0.25) is 10.0 Å². The van der Waals surface area contributed by atoms with Crippen molar-refractivity contribution in [1.29, 1.82) is 0 Å². The van der Waals surface area contributed by atoms with E-state index in [1.165, 1.54) is 30.5 Å². The van der Waals surface area contributed by atoms with Crippen molar-refractivity contribution in [2.45, 2.75) is 25.3 Å². The molecule has 0 saturated heterocycles. The first-order valence-electron chi connectivity index (χ1n) is 8.95. The molecular weight excluding hydrogens is 392 g/mol. The fraction of sp³-hybridized carbons (Fsp3) is 0.190. The van der Waals surface area contributed by atoms with Gasteiger partial charge in [0.15, 0.2) is 6.61 Å². The van der Waals surface area contributed by atoms with Gasteiger partial charge in [0.25, 0.3) is 5.91 Å². The topological polar surface area (TPSA) is 97.6 Å². The second-order valence-electron chi connectivity index (χ2n) is 6.59. The van der Waals surface area contributed by atoms with E-state index in [9.17, 15) is 13.2 Å². The number of furan rings is 1. The van der Waals surface area contributed by atoms with Crippen LogP contribution in [0, 0.1) is 13.8 Å². The molecule has 0 radical (unpaired) electrons. The predicted molar refractivity (Wildman–Crippen MR) is 109 cm³/mol. The van der Waals surface area contributed by atoms with Crippen molar-refractivity contribution in [3.05, 3.63) is 77.7 Å². The number of hydrogen-bond acceptors (Lipinski definition) is 5. The van der Waals surface area contributed by atoms with Gasteiger partial charge in [-0.2, -0.15) is 0 Å². The van der Waals surface area contributed by atoms with Crippen molar-refractivity contribution in [3.63, 3.8) is 0 Å². The highest BCUT2D eigenvalue weighted by atomic mass is 32.2. The predicted octanol–water partition coefficient (Wildman–Crippen LogP) is 3.39. The molecule has 1 amide bonds. The number of ether oxygens (including phenoxy) is 1. The lowest BCUT2D eigenvalue weighted by atomic mass is 10.1. The summed E-state index contributed by atoms with van der Waals surface area (Å²) in [5.41, 5.74) is 2.58. The number of hydrogen-bond donors (Lipinski definition) is 2. The largest absolute Gasteiger partial charge is 0.484 e. The Labute approximate surface area is 169 Å². The van der Waals surface area contributed by atoms with Crippen molar-refractivity contribution in [2.24, 2.45) is 0 Å². The highest BCUT2D eigenvalue weighted by molar-refractivity contribution is 7.89. The molecule has 152 valence electrons. The van der Waals surface area contributed by atoms with E-state index in [1.807, 2.05) is 32.0 Å². The molecule has 0 aliphatic heterocycles. The summed E-state index contributed by atoms with van der Waals surface area (Å²) < 4.78 is 37.7. The molecule has 1 heterocycles. The van der Waals surface area contributed by atoms with Gasteiger partial charge in [0, 0.05) is 5.69 Å². The standard InChI is InChI=1S/C21H22N2O5S/c1-15-10-16(2)12-19(11-15)28-14-21(24)23-17-5-7-20(8-6-17)29(25,26)22-13-18-4-3-9-27-18/h3-12,22H,13-14H2,1-2H3,(H,23,24). The average Bonchev–Trinajstić information content (AvgIpc) is 3.18. The number of carbonyl (C=O) groups excluding carboxylic acids is 1. The quantitative estimate of drug-likeness (QED) is 0.589. The van der Waals surface area contributed by atoms with Gasteiger partial charge in [-0.25, -0.2) is 13.1 Å². The number of aryl methyl sites for hydroxylation is 2. The average molecular weight is 414 g/mol. The fourth-order valence-electron chi connectivity index (χ4n) is 2.74. The molecule has 29 heavy (non-hydrogen) atoms. The maximum Gasteiger partial charge on any atom is 0.262 e. The minimum absolute atomic E-state index is 0.0591. The number of rotatable bonds is 8. The lowest BCUT2D eigenvalue weighted by Gasteiger charge is -2.10. The molecule has 2 aromatic carbocycles. The van der Waals surface area contributed by atoms with Crippen molar-refractivity contribution in [3.8, 4) is 5.75 Å². The molecule has 0 aliphatic carbocycles. The van der Waals surface area contributed by atoms with Crippen molar-refractivity contribution < 1.29 is 22.4 Å². The van der Waals surface area contributed by atoms with Gasteiger partial charge in [-0.05, 0) is 73.5 Å². The first kappa shape index (κ1) is 20.6. The number of benzene rings is 2. The minimum Gasteiger partial charge on any atom is -0.484 e. The van der Waals surface area contributed by atoms with E-state index in [0.717, 1.165) is 11.1 Å². The molecule has 1 aromatic heterocycles. The first-order chi connectivity index (χ1) is 13.8. The summed E-state index contributed by atoms with van der Waals surface area (Å²) in [6, 6.07) is 15.0. The van der Waals surface area contributed by atoms with E-state index in [0.29, 0.717) is 17.2 Å². The highest BCUT2D eigenvalue weighted by Gasteiger charge is 2.14. The summed E-state index contributed by atoms with van der Waals surface area (Å²) in [5.74, 6) is 0.804. The van der Waals surface area contributed by atoms with E-state index >= 15 is 0 Å². The molecule has 0 saturated carbocycles. The highest BCUT2D eigenvalue weighted by Crippen LogP contribution is 2.17. The first-order valence-corrected chi connectivity index (χ1v) is 10.4. The second kappa shape index (κ2) is 8.93. The Kier molecular flexibility index (Phi) is 6.36. The van der Waals surface area contributed by atoms with Crippen LogP contribution in [0.4, 0.5) is 5.69 Å². The normalized spacial score (nSPS) is 11.2. The summed E-state index contributed by atoms with van der Waals surface area (Å²) in [5, 5.41) is 2.68. The Bertz CT molecular complexity index is 1050. The van der Waals surface area contributed by atoms with Crippen LogP contribution < -0.4 is 14.8 Å². The van der Waals surface area contributed by atoms with Crippen LogP contribution in [0.5, 0.6) is 5.75 Å². The Morgan fingerprint density at radius 3 is 2.34 bits per heavy atom. The van der Waals surface area contributed by atoms with Crippen LogP contribution in [0.1, 0.15) is 16.9 Å². The van der Waals surface area contributed by atoms with Crippen LogP contribution in [0.25, 0.3) is 0 Å². The zero-order chi connectivity index (χ0) is 20.9. The Morgan fingerprint density at radius 1 is 1.03 bits per heavy atom. The summed E-state index contributed by atoms with van der Waals surface area (Å²) in [4.78, 5) is 12.2. The van der Waals surface area contributed by atoms with E-state index < -0.39 is 10.0 Å². The maximum atomic E-state index is 12.3. The number of nitrogens with one attached hydrogen (secondary N) is 2. The number of carbonyl (C=O) groups is 1. The van der Waals surface area contributed by atoms with Crippen LogP contribution in [-0.2, 0) is 21.4 Å². The third-order valence-corrected chi connectivity index (χ3v) is 5.45. The summed E-state index contributed by atoms with van der Waals surface area (Å²) in [6.45, 7) is 3.83. The molecule has 0 unspecified atom stereocenters. The van der Waals surface area contributed by atoms with Gasteiger partial charge in [0.05, 0.1) is 17.7 Å². The molecule has 8 heteroatoms. The molecule has 0 bridgehead atoms. The zero-order valence-electron chi connectivity index (χ0n) is 16.1. The van der Waals surface area contributed by atoms with Crippen molar-refractivity contribution in [1.82, 2.24) is 4.72 Å². The van der Waals surface area contributed by atoms with Gasteiger partial charge in [0.1, 0.15) is 11.5 Å². The van der Waals surface area contributed by atoms with E-state index in [1.54, 1.807) is 12.1 Å². The minimum atomic E-state index is -3.68. The van der Waals surface area contributed by atoms with Gasteiger partial charge in [-0.1, -0.05) is 6.07 Å². The summed E-state index contributed by atoms with van der Waals surface area (Å²) in [7, 11) is -3.68. The van der Waals surface area contributed by atoms with E-state index in [2.05, 4.69) is 10.0 Å². The summed E-state index contributed by atoms with van der Waals surface area (Å²) in [6.07, 6.45) is 1.48. The zero-order valence-corrected chi connectivity index (χ0v) is 17.0. The van der Waals surface area contributed by atoms with Gasteiger partial charge in [-0.3, -0.25) is 4.79 Å². The molecular formula is C21H22N2O5S. The Balaban J connectivity index is 1.54. The molecule has 0 atom stereocenters. The van der Waals surface area contributed by atoms with Crippen LogP contribution in [0.15, 0.2) is 70.2 Å². The lowest BCUT2D eigenvalue weighted by Crippen LogP contribution is -2.23. The number of anilines is 1. The lowest BCUT2D eigenvalue weighted by molar-refractivity contribution is -0.118. The smallest absolute Gasteiger partial charge is 0.262 e. The van der Waals surface area contributed by atoms with E-state index in [-0.39, 0.29) is 24.0 Å². The molecule has 2 N–H and O–H groups in total.